The second-order valence-electron chi connectivity index (χ2n) is 3.89. The third kappa shape index (κ3) is 4.66. The highest BCUT2D eigenvalue weighted by atomic mass is 16.7. The molecule has 14 heavy (non-hydrogen) atoms. The molecule has 0 saturated heterocycles. The molecule has 0 aliphatic heterocycles. The van der Waals surface area contributed by atoms with E-state index in [4.69, 9.17) is 9.47 Å². The fourth-order valence-electron chi connectivity index (χ4n) is 1.87. The Kier molecular flexibility index (Phi) is 5.69. The van der Waals surface area contributed by atoms with Gasteiger partial charge < -0.3 is 9.47 Å². The molecule has 1 fully saturated rings. The third-order valence-corrected chi connectivity index (χ3v) is 2.67. The van der Waals surface area contributed by atoms with Gasteiger partial charge in [-0.2, -0.15) is 0 Å². The molecule has 2 heteroatoms. The van der Waals surface area contributed by atoms with E-state index in [1.54, 1.807) is 0 Å². The van der Waals surface area contributed by atoms with Gasteiger partial charge in [0.1, 0.15) is 0 Å². The molecule has 0 aromatic rings. The van der Waals surface area contributed by atoms with Gasteiger partial charge >= 0.3 is 0 Å². The zero-order valence-corrected chi connectivity index (χ0v) is 9.37. The second kappa shape index (κ2) is 6.88. The Balaban J connectivity index is 2.12. The van der Waals surface area contributed by atoms with E-state index in [9.17, 15) is 0 Å². The van der Waals surface area contributed by atoms with Gasteiger partial charge in [0.2, 0.25) is 0 Å². The van der Waals surface area contributed by atoms with Crippen molar-refractivity contribution in [3.05, 3.63) is 12.3 Å². The van der Waals surface area contributed by atoms with E-state index in [-0.39, 0.29) is 6.29 Å². The molecule has 82 valence electrons. The van der Waals surface area contributed by atoms with Crippen LogP contribution < -0.4 is 0 Å². The highest BCUT2D eigenvalue weighted by Crippen LogP contribution is 2.24. The minimum absolute atomic E-state index is 0.111. The molecule has 1 rings (SSSR count). The normalized spacial score (nSPS) is 21.3. The van der Waals surface area contributed by atoms with Crippen molar-refractivity contribution in [2.45, 2.75) is 52.2 Å². The van der Waals surface area contributed by atoms with Crippen molar-refractivity contribution in [2.75, 3.05) is 6.61 Å². The minimum Gasteiger partial charge on any atom is -0.473 e. The van der Waals surface area contributed by atoms with Crippen molar-refractivity contribution in [1.29, 1.82) is 0 Å². The van der Waals surface area contributed by atoms with E-state index in [1.807, 2.05) is 20.1 Å². The molecular formula is C12H22O2. The van der Waals surface area contributed by atoms with Gasteiger partial charge in [-0.15, -0.1) is 0 Å². The fourth-order valence-corrected chi connectivity index (χ4v) is 1.87. The topological polar surface area (TPSA) is 18.5 Å². The van der Waals surface area contributed by atoms with Crippen LogP contribution in [0.1, 0.15) is 46.0 Å². The summed E-state index contributed by atoms with van der Waals surface area (Å²) in [6.07, 6.45) is 10.7. The van der Waals surface area contributed by atoms with Crippen molar-refractivity contribution in [1.82, 2.24) is 0 Å². The maximum Gasteiger partial charge on any atom is 0.196 e. The SMILES string of the molecule is CCOC(C)OC=CC1CCCCC1. The van der Waals surface area contributed by atoms with Crippen LogP contribution in [-0.4, -0.2) is 12.9 Å². The summed E-state index contributed by atoms with van der Waals surface area (Å²) < 4.78 is 10.6. The first-order chi connectivity index (χ1) is 6.83. The highest BCUT2D eigenvalue weighted by molar-refractivity contribution is 4.85. The zero-order valence-electron chi connectivity index (χ0n) is 9.37. The van der Waals surface area contributed by atoms with Gasteiger partial charge in [0.05, 0.1) is 6.26 Å². The van der Waals surface area contributed by atoms with Crippen molar-refractivity contribution in [2.24, 2.45) is 5.92 Å². The molecule has 0 radical (unpaired) electrons. The van der Waals surface area contributed by atoms with Crippen LogP contribution in [0.3, 0.4) is 0 Å². The van der Waals surface area contributed by atoms with Gasteiger partial charge in [-0.1, -0.05) is 19.3 Å². The molecule has 0 N–H and O–H groups in total. The Bertz CT molecular complexity index is 160. The Labute approximate surface area is 87.3 Å². The largest absolute Gasteiger partial charge is 0.473 e. The van der Waals surface area contributed by atoms with E-state index in [0.717, 1.165) is 5.92 Å². The molecule has 0 spiro atoms. The summed E-state index contributed by atoms with van der Waals surface area (Å²) in [4.78, 5) is 0. The molecule has 1 aliphatic rings. The van der Waals surface area contributed by atoms with Crippen LogP contribution in [-0.2, 0) is 9.47 Å². The smallest absolute Gasteiger partial charge is 0.196 e. The van der Waals surface area contributed by atoms with Crippen LogP contribution in [0, 0.1) is 5.92 Å². The van der Waals surface area contributed by atoms with Crippen LogP contribution >= 0.6 is 0 Å². The molecule has 1 aliphatic carbocycles. The summed E-state index contributed by atoms with van der Waals surface area (Å²) in [6.45, 7) is 4.61. The number of hydrogen-bond donors (Lipinski definition) is 0. The van der Waals surface area contributed by atoms with Crippen LogP contribution in [0.4, 0.5) is 0 Å². The van der Waals surface area contributed by atoms with Crippen molar-refractivity contribution in [3.63, 3.8) is 0 Å². The van der Waals surface area contributed by atoms with Gasteiger partial charge in [0.15, 0.2) is 6.29 Å². The number of rotatable bonds is 5. The summed E-state index contributed by atoms with van der Waals surface area (Å²) in [6, 6.07) is 0. The van der Waals surface area contributed by atoms with Crippen LogP contribution in [0.2, 0.25) is 0 Å². The Morgan fingerprint density at radius 3 is 2.64 bits per heavy atom. The number of ether oxygens (including phenoxy) is 2. The summed E-state index contributed by atoms with van der Waals surface area (Å²) in [5.74, 6) is 0.734. The average molecular weight is 198 g/mol. The van der Waals surface area contributed by atoms with Crippen molar-refractivity contribution >= 4 is 0 Å². The average Bonchev–Trinajstić information content (AvgIpc) is 2.20. The molecule has 0 aromatic carbocycles. The highest BCUT2D eigenvalue weighted by Gasteiger charge is 2.09. The lowest BCUT2D eigenvalue weighted by Crippen LogP contribution is -2.09. The zero-order chi connectivity index (χ0) is 10.2. The quantitative estimate of drug-likeness (QED) is 0.497. The van der Waals surface area contributed by atoms with E-state index < -0.39 is 0 Å². The van der Waals surface area contributed by atoms with Gasteiger partial charge in [-0.3, -0.25) is 0 Å². The fraction of sp³-hybridized carbons (Fsp3) is 0.833. The standard InChI is InChI=1S/C12H22O2/c1-3-13-11(2)14-10-9-12-7-5-4-6-8-12/h9-12H,3-8H2,1-2H3. The summed E-state index contributed by atoms with van der Waals surface area (Å²) in [5, 5.41) is 0. The Hall–Kier alpha value is -0.500. The van der Waals surface area contributed by atoms with Crippen LogP contribution in [0.5, 0.6) is 0 Å². The lowest BCUT2D eigenvalue weighted by molar-refractivity contribution is -0.0885. The first-order valence-corrected chi connectivity index (χ1v) is 5.76. The Morgan fingerprint density at radius 1 is 1.29 bits per heavy atom. The van der Waals surface area contributed by atoms with Crippen LogP contribution in [0.15, 0.2) is 12.3 Å². The van der Waals surface area contributed by atoms with E-state index >= 15 is 0 Å². The first-order valence-electron chi connectivity index (χ1n) is 5.76. The van der Waals surface area contributed by atoms with Gasteiger partial charge in [-0.05, 0) is 38.7 Å². The minimum atomic E-state index is -0.111. The van der Waals surface area contributed by atoms with E-state index in [2.05, 4.69) is 6.08 Å². The molecule has 1 atom stereocenters. The predicted molar refractivity (Wildman–Crippen MR) is 57.9 cm³/mol. The molecule has 0 bridgehead atoms. The monoisotopic (exact) mass is 198 g/mol. The summed E-state index contributed by atoms with van der Waals surface area (Å²) in [7, 11) is 0. The lowest BCUT2D eigenvalue weighted by Gasteiger charge is -2.18. The van der Waals surface area contributed by atoms with Gasteiger partial charge in [0, 0.05) is 6.61 Å². The molecular weight excluding hydrogens is 176 g/mol. The van der Waals surface area contributed by atoms with Gasteiger partial charge in [0.25, 0.3) is 0 Å². The van der Waals surface area contributed by atoms with Gasteiger partial charge in [-0.25, -0.2) is 0 Å². The number of hydrogen-bond acceptors (Lipinski definition) is 2. The van der Waals surface area contributed by atoms with Crippen molar-refractivity contribution in [3.8, 4) is 0 Å². The summed E-state index contributed by atoms with van der Waals surface area (Å²) >= 11 is 0. The second-order valence-corrected chi connectivity index (χ2v) is 3.89. The lowest BCUT2D eigenvalue weighted by atomic mass is 9.89. The molecule has 0 aromatic heterocycles. The maximum atomic E-state index is 5.38. The van der Waals surface area contributed by atoms with Crippen LogP contribution in [0.25, 0.3) is 0 Å². The molecule has 0 heterocycles. The molecule has 1 unspecified atom stereocenters. The molecule has 0 amide bonds. The Morgan fingerprint density at radius 2 is 2.00 bits per heavy atom. The molecule has 1 saturated carbocycles. The predicted octanol–water partition coefficient (Wildman–Crippen LogP) is 3.48. The number of allylic oxidation sites excluding steroid dienone is 1. The molecule has 2 nitrogen and oxygen atoms in total. The van der Waals surface area contributed by atoms with E-state index in [1.165, 1.54) is 32.1 Å². The summed E-state index contributed by atoms with van der Waals surface area (Å²) in [5.41, 5.74) is 0. The van der Waals surface area contributed by atoms with Crippen molar-refractivity contribution < 1.29 is 9.47 Å². The maximum absolute atomic E-state index is 5.38. The first kappa shape index (κ1) is 11.6. The third-order valence-electron chi connectivity index (χ3n) is 2.67. The van der Waals surface area contributed by atoms with E-state index in [0.29, 0.717) is 6.61 Å².